The topological polar surface area (TPSA) is 49.3 Å². The molecule has 1 atom stereocenters. The maximum absolute atomic E-state index is 12.7. The molecule has 0 heterocycles. The van der Waals surface area contributed by atoms with Crippen LogP contribution in [0.5, 0.6) is 0 Å². The number of aliphatic hydroxyl groups is 1. The van der Waals surface area contributed by atoms with Crippen LogP contribution in [0.25, 0.3) is 0 Å². The lowest BCUT2D eigenvalue weighted by atomic mass is 9.77. The standard InChI is InChI=1S/C18H27NO2/c1-3-16(15-7-5-4-6-8-15)17(21)19-18(13-20)11-9-14(2)10-12-18/h4-8,14,16,20H,3,9-13H2,1-2H3,(H,19,21). The smallest absolute Gasteiger partial charge is 0.228 e. The van der Waals surface area contributed by atoms with Gasteiger partial charge >= 0.3 is 0 Å². The lowest BCUT2D eigenvalue weighted by Crippen LogP contribution is -2.54. The van der Waals surface area contributed by atoms with Crippen molar-refractivity contribution in [3.8, 4) is 0 Å². The van der Waals surface area contributed by atoms with Gasteiger partial charge in [-0.1, -0.05) is 44.2 Å². The predicted molar refractivity (Wildman–Crippen MR) is 85.1 cm³/mol. The first kappa shape index (κ1) is 16.0. The fraction of sp³-hybridized carbons (Fsp3) is 0.611. The number of hydrogen-bond acceptors (Lipinski definition) is 2. The number of rotatable bonds is 5. The van der Waals surface area contributed by atoms with Gasteiger partial charge in [-0.05, 0) is 43.6 Å². The van der Waals surface area contributed by atoms with E-state index in [-0.39, 0.29) is 18.4 Å². The lowest BCUT2D eigenvalue weighted by molar-refractivity contribution is -0.126. The molecule has 1 aromatic carbocycles. The minimum atomic E-state index is -0.411. The van der Waals surface area contributed by atoms with Crippen molar-refractivity contribution in [3.05, 3.63) is 35.9 Å². The van der Waals surface area contributed by atoms with Crippen molar-refractivity contribution in [1.82, 2.24) is 5.32 Å². The second-order valence-electron chi connectivity index (χ2n) is 6.48. The van der Waals surface area contributed by atoms with E-state index in [1.54, 1.807) is 0 Å². The van der Waals surface area contributed by atoms with Gasteiger partial charge in [-0.3, -0.25) is 4.79 Å². The number of carbonyl (C=O) groups is 1. The zero-order valence-electron chi connectivity index (χ0n) is 13.1. The number of benzene rings is 1. The van der Waals surface area contributed by atoms with E-state index in [1.165, 1.54) is 0 Å². The third-order valence-corrected chi connectivity index (χ3v) is 4.85. The molecule has 1 saturated carbocycles. The molecule has 0 spiro atoms. The van der Waals surface area contributed by atoms with Gasteiger partial charge in [-0.15, -0.1) is 0 Å². The summed E-state index contributed by atoms with van der Waals surface area (Å²) in [5.41, 5.74) is 0.640. The van der Waals surface area contributed by atoms with Crippen molar-refractivity contribution in [2.75, 3.05) is 6.61 Å². The summed E-state index contributed by atoms with van der Waals surface area (Å²) in [6.45, 7) is 4.31. The molecule has 1 aliphatic rings. The van der Waals surface area contributed by atoms with Crippen LogP contribution < -0.4 is 5.32 Å². The van der Waals surface area contributed by atoms with Crippen LogP contribution >= 0.6 is 0 Å². The summed E-state index contributed by atoms with van der Waals surface area (Å²) in [4.78, 5) is 12.7. The van der Waals surface area contributed by atoms with E-state index in [9.17, 15) is 9.90 Å². The van der Waals surface area contributed by atoms with Gasteiger partial charge in [0.25, 0.3) is 0 Å². The summed E-state index contributed by atoms with van der Waals surface area (Å²) in [6, 6.07) is 9.90. The Hall–Kier alpha value is -1.35. The Bertz CT molecular complexity index is 450. The Morgan fingerprint density at radius 3 is 2.48 bits per heavy atom. The van der Waals surface area contributed by atoms with Gasteiger partial charge in [0.05, 0.1) is 18.1 Å². The molecule has 0 saturated heterocycles. The van der Waals surface area contributed by atoms with Crippen LogP contribution in [0.2, 0.25) is 0 Å². The van der Waals surface area contributed by atoms with E-state index in [4.69, 9.17) is 0 Å². The van der Waals surface area contributed by atoms with Crippen LogP contribution in [-0.2, 0) is 4.79 Å². The fourth-order valence-electron chi connectivity index (χ4n) is 3.24. The second-order valence-corrected chi connectivity index (χ2v) is 6.48. The normalized spacial score (nSPS) is 27.1. The highest BCUT2D eigenvalue weighted by atomic mass is 16.3. The lowest BCUT2D eigenvalue weighted by Gasteiger charge is -2.39. The van der Waals surface area contributed by atoms with Gasteiger partial charge in [0.1, 0.15) is 0 Å². The predicted octanol–water partition coefficient (Wildman–Crippen LogP) is 3.24. The largest absolute Gasteiger partial charge is 0.394 e. The zero-order chi connectivity index (χ0) is 15.3. The van der Waals surface area contributed by atoms with E-state index in [2.05, 4.69) is 12.2 Å². The van der Waals surface area contributed by atoms with Crippen molar-refractivity contribution in [2.45, 2.75) is 57.4 Å². The molecule has 116 valence electrons. The molecular formula is C18H27NO2. The first-order valence-corrected chi connectivity index (χ1v) is 8.08. The Morgan fingerprint density at radius 2 is 1.95 bits per heavy atom. The summed E-state index contributed by atoms with van der Waals surface area (Å²) in [7, 11) is 0. The zero-order valence-corrected chi connectivity index (χ0v) is 13.1. The maximum atomic E-state index is 12.7. The monoisotopic (exact) mass is 289 g/mol. The molecule has 21 heavy (non-hydrogen) atoms. The Labute approximate surface area is 127 Å². The average Bonchev–Trinajstić information content (AvgIpc) is 2.52. The first-order valence-electron chi connectivity index (χ1n) is 8.08. The summed E-state index contributed by atoms with van der Waals surface area (Å²) < 4.78 is 0. The highest BCUT2D eigenvalue weighted by molar-refractivity contribution is 5.84. The number of nitrogens with one attached hydrogen (secondary N) is 1. The molecule has 1 aliphatic carbocycles. The van der Waals surface area contributed by atoms with Crippen LogP contribution in [0, 0.1) is 5.92 Å². The van der Waals surface area contributed by atoms with Gasteiger partial charge < -0.3 is 10.4 Å². The van der Waals surface area contributed by atoms with E-state index in [0.717, 1.165) is 37.7 Å². The molecule has 3 nitrogen and oxygen atoms in total. The van der Waals surface area contributed by atoms with E-state index >= 15 is 0 Å². The van der Waals surface area contributed by atoms with Gasteiger partial charge in [-0.2, -0.15) is 0 Å². The quantitative estimate of drug-likeness (QED) is 0.874. The minimum absolute atomic E-state index is 0.0384. The Balaban J connectivity index is 2.08. The van der Waals surface area contributed by atoms with E-state index in [1.807, 2.05) is 37.3 Å². The van der Waals surface area contributed by atoms with E-state index in [0.29, 0.717) is 5.92 Å². The summed E-state index contributed by atoms with van der Waals surface area (Å²) >= 11 is 0. The van der Waals surface area contributed by atoms with Crippen LogP contribution in [0.1, 0.15) is 57.4 Å². The van der Waals surface area contributed by atoms with Crippen LogP contribution in [0.4, 0.5) is 0 Å². The fourth-order valence-corrected chi connectivity index (χ4v) is 3.24. The molecule has 2 N–H and O–H groups in total. The Morgan fingerprint density at radius 1 is 1.33 bits per heavy atom. The molecule has 0 aliphatic heterocycles. The van der Waals surface area contributed by atoms with Crippen molar-refractivity contribution < 1.29 is 9.90 Å². The first-order chi connectivity index (χ1) is 10.1. The van der Waals surface area contributed by atoms with Gasteiger partial charge in [0, 0.05) is 0 Å². The van der Waals surface area contributed by atoms with Crippen molar-refractivity contribution in [1.29, 1.82) is 0 Å². The molecule has 1 aromatic rings. The van der Waals surface area contributed by atoms with E-state index < -0.39 is 5.54 Å². The molecule has 3 heteroatoms. The third-order valence-electron chi connectivity index (χ3n) is 4.85. The Kier molecular flexibility index (Phi) is 5.40. The molecule has 0 bridgehead atoms. The van der Waals surface area contributed by atoms with Gasteiger partial charge in [-0.25, -0.2) is 0 Å². The number of carbonyl (C=O) groups excluding carboxylic acids is 1. The van der Waals surface area contributed by atoms with Crippen LogP contribution in [-0.4, -0.2) is 23.2 Å². The minimum Gasteiger partial charge on any atom is -0.394 e. The molecule has 1 fully saturated rings. The highest BCUT2D eigenvalue weighted by Crippen LogP contribution is 2.32. The number of aliphatic hydroxyl groups excluding tert-OH is 1. The third kappa shape index (κ3) is 3.85. The molecular weight excluding hydrogens is 262 g/mol. The van der Waals surface area contributed by atoms with Gasteiger partial charge in [0.2, 0.25) is 5.91 Å². The molecule has 0 radical (unpaired) electrons. The maximum Gasteiger partial charge on any atom is 0.228 e. The van der Waals surface area contributed by atoms with Crippen molar-refractivity contribution in [2.24, 2.45) is 5.92 Å². The summed E-state index contributed by atoms with van der Waals surface area (Å²) in [6.07, 6.45) is 4.67. The van der Waals surface area contributed by atoms with Crippen LogP contribution in [0.15, 0.2) is 30.3 Å². The number of amides is 1. The second kappa shape index (κ2) is 7.08. The molecule has 0 aromatic heterocycles. The molecule has 2 rings (SSSR count). The molecule has 1 unspecified atom stereocenters. The van der Waals surface area contributed by atoms with Crippen molar-refractivity contribution >= 4 is 5.91 Å². The summed E-state index contributed by atoms with van der Waals surface area (Å²) in [5, 5.41) is 13.0. The highest BCUT2D eigenvalue weighted by Gasteiger charge is 2.36. The van der Waals surface area contributed by atoms with Crippen LogP contribution in [0.3, 0.4) is 0 Å². The van der Waals surface area contributed by atoms with Gasteiger partial charge in [0.15, 0.2) is 0 Å². The van der Waals surface area contributed by atoms with Crippen molar-refractivity contribution in [3.63, 3.8) is 0 Å². The average molecular weight is 289 g/mol. The summed E-state index contributed by atoms with van der Waals surface area (Å²) in [5.74, 6) is 0.610. The SMILES string of the molecule is CCC(C(=O)NC1(CO)CCC(C)CC1)c1ccccc1. The number of hydrogen-bond donors (Lipinski definition) is 2. The molecule has 1 amide bonds.